The fraction of sp³-hybridized carbons (Fsp3) is 0.421. The van der Waals surface area contributed by atoms with Crippen molar-refractivity contribution in [2.75, 3.05) is 36.5 Å². The fourth-order valence-corrected chi connectivity index (χ4v) is 3.62. The Morgan fingerprint density at radius 2 is 2.04 bits per heavy atom. The average molecular weight is 344 g/mol. The molecule has 0 saturated carbocycles. The smallest absolute Gasteiger partial charge is 0.224 e. The van der Waals surface area contributed by atoms with Gasteiger partial charge in [0, 0.05) is 35.8 Å². The van der Waals surface area contributed by atoms with Crippen LogP contribution >= 0.6 is 11.3 Å². The molecule has 1 aliphatic rings. The van der Waals surface area contributed by atoms with Crippen molar-refractivity contribution in [1.29, 1.82) is 0 Å². The lowest BCUT2D eigenvalue weighted by molar-refractivity contribution is -0.116. The number of morpholine rings is 1. The van der Waals surface area contributed by atoms with Crippen molar-refractivity contribution in [3.05, 3.63) is 46.7 Å². The number of carbonyl (C=O) groups excluding carboxylic acids is 1. The zero-order valence-corrected chi connectivity index (χ0v) is 14.7. The Labute approximate surface area is 147 Å². The molecule has 128 valence electrons. The van der Waals surface area contributed by atoms with Crippen molar-refractivity contribution in [2.45, 2.75) is 25.7 Å². The zero-order valence-electron chi connectivity index (χ0n) is 13.9. The van der Waals surface area contributed by atoms with E-state index in [1.165, 1.54) is 4.88 Å². The molecule has 1 saturated heterocycles. The number of thiophene rings is 1. The highest BCUT2D eigenvalue weighted by molar-refractivity contribution is 7.09. The van der Waals surface area contributed by atoms with Gasteiger partial charge >= 0.3 is 0 Å². The minimum Gasteiger partial charge on any atom is -0.378 e. The van der Waals surface area contributed by atoms with E-state index in [0.29, 0.717) is 6.42 Å². The number of aryl methyl sites for hydroxylation is 1. The number of ether oxygens (including phenoxy) is 1. The highest BCUT2D eigenvalue weighted by atomic mass is 32.1. The maximum absolute atomic E-state index is 12.1. The van der Waals surface area contributed by atoms with Gasteiger partial charge in [0.1, 0.15) is 0 Å². The first-order valence-electron chi connectivity index (χ1n) is 8.56. The predicted molar refractivity (Wildman–Crippen MR) is 100.0 cm³/mol. The zero-order chi connectivity index (χ0) is 16.6. The molecule has 1 aromatic heterocycles. The van der Waals surface area contributed by atoms with Crippen LogP contribution in [-0.4, -0.2) is 32.2 Å². The van der Waals surface area contributed by atoms with Gasteiger partial charge in [-0.1, -0.05) is 12.1 Å². The molecule has 1 N–H and O–H groups in total. The van der Waals surface area contributed by atoms with E-state index in [-0.39, 0.29) is 5.91 Å². The minimum atomic E-state index is 0.0975. The fourth-order valence-electron chi connectivity index (χ4n) is 2.87. The van der Waals surface area contributed by atoms with E-state index in [0.717, 1.165) is 56.9 Å². The Morgan fingerprint density at radius 3 is 2.83 bits per heavy atom. The monoisotopic (exact) mass is 344 g/mol. The molecular weight excluding hydrogens is 320 g/mol. The second kappa shape index (κ2) is 8.85. The molecule has 1 amide bonds. The van der Waals surface area contributed by atoms with Gasteiger partial charge in [-0.15, -0.1) is 11.3 Å². The molecule has 5 heteroatoms. The van der Waals surface area contributed by atoms with Crippen molar-refractivity contribution < 1.29 is 9.53 Å². The van der Waals surface area contributed by atoms with Crippen molar-refractivity contribution in [1.82, 2.24) is 0 Å². The van der Waals surface area contributed by atoms with Gasteiger partial charge in [-0.25, -0.2) is 0 Å². The van der Waals surface area contributed by atoms with Crippen LogP contribution in [0, 0.1) is 0 Å². The van der Waals surface area contributed by atoms with Crippen molar-refractivity contribution in [3.8, 4) is 0 Å². The molecule has 1 fully saturated rings. The Bertz CT molecular complexity index is 637. The van der Waals surface area contributed by atoms with Gasteiger partial charge < -0.3 is 15.0 Å². The van der Waals surface area contributed by atoms with Crippen LogP contribution in [0.3, 0.4) is 0 Å². The third-order valence-corrected chi connectivity index (χ3v) is 5.10. The van der Waals surface area contributed by atoms with E-state index in [1.807, 2.05) is 12.1 Å². The van der Waals surface area contributed by atoms with Crippen LogP contribution in [0.4, 0.5) is 11.4 Å². The number of carbonyl (C=O) groups is 1. The molecule has 4 nitrogen and oxygen atoms in total. The topological polar surface area (TPSA) is 41.6 Å². The largest absolute Gasteiger partial charge is 0.378 e. The highest BCUT2D eigenvalue weighted by Gasteiger charge is 2.12. The van der Waals surface area contributed by atoms with Crippen molar-refractivity contribution >= 4 is 28.6 Å². The van der Waals surface area contributed by atoms with E-state index >= 15 is 0 Å². The van der Waals surface area contributed by atoms with Crippen LogP contribution in [0.25, 0.3) is 0 Å². The molecule has 2 heterocycles. The van der Waals surface area contributed by atoms with E-state index < -0.39 is 0 Å². The lowest BCUT2D eigenvalue weighted by Gasteiger charge is -2.29. The first kappa shape index (κ1) is 17.0. The molecule has 0 atom stereocenters. The second-order valence-corrected chi connectivity index (χ2v) is 7.02. The van der Waals surface area contributed by atoms with Gasteiger partial charge in [-0.2, -0.15) is 0 Å². The summed E-state index contributed by atoms with van der Waals surface area (Å²) in [7, 11) is 0. The maximum Gasteiger partial charge on any atom is 0.224 e. The summed E-state index contributed by atoms with van der Waals surface area (Å²) >= 11 is 1.79. The van der Waals surface area contributed by atoms with Crippen LogP contribution in [0.15, 0.2) is 41.8 Å². The Morgan fingerprint density at radius 1 is 1.17 bits per heavy atom. The van der Waals surface area contributed by atoms with Crippen LogP contribution in [0.1, 0.15) is 24.1 Å². The molecule has 0 radical (unpaired) electrons. The molecule has 1 aliphatic heterocycles. The second-order valence-electron chi connectivity index (χ2n) is 5.98. The average Bonchev–Trinajstić information content (AvgIpc) is 3.13. The summed E-state index contributed by atoms with van der Waals surface area (Å²) in [6.45, 7) is 3.34. The Kier molecular flexibility index (Phi) is 6.26. The molecule has 0 aliphatic carbocycles. The van der Waals surface area contributed by atoms with Crippen LogP contribution in [-0.2, 0) is 16.0 Å². The normalized spacial score (nSPS) is 14.6. The number of nitrogens with zero attached hydrogens (tertiary/aromatic N) is 1. The summed E-state index contributed by atoms with van der Waals surface area (Å²) in [5, 5.41) is 5.12. The first-order valence-corrected chi connectivity index (χ1v) is 9.44. The molecule has 1 aromatic carbocycles. The third-order valence-electron chi connectivity index (χ3n) is 4.16. The highest BCUT2D eigenvalue weighted by Crippen LogP contribution is 2.21. The van der Waals surface area contributed by atoms with Gasteiger partial charge in [0.15, 0.2) is 0 Å². The summed E-state index contributed by atoms with van der Waals surface area (Å²) < 4.78 is 5.39. The summed E-state index contributed by atoms with van der Waals surface area (Å²) in [5.41, 5.74) is 2.02. The molecule has 2 aromatic rings. The van der Waals surface area contributed by atoms with Gasteiger partial charge in [-0.05, 0) is 48.9 Å². The molecular formula is C19H24N2O2S. The number of rotatable bonds is 7. The summed E-state index contributed by atoms with van der Waals surface area (Å²) in [6.07, 6.45) is 3.62. The Hall–Kier alpha value is -1.85. The maximum atomic E-state index is 12.1. The van der Waals surface area contributed by atoms with Gasteiger partial charge in [0.25, 0.3) is 0 Å². The third kappa shape index (κ3) is 5.08. The van der Waals surface area contributed by atoms with Crippen LogP contribution in [0.2, 0.25) is 0 Å². The summed E-state index contributed by atoms with van der Waals surface area (Å²) in [5.74, 6) is 0.0975. The molecule has 0 bridgehead atoms. The number of hydrogen-bond donors (Lipinski definition) is 1. The van der Waals surface area contributed by atoms with Crippen molar-refractivity contribution in [2.24, 2.45) is 0 Å². The number of benzene rings is 1. The van der Waals surface area contributed by atoms with E-state index in [1.54, 1.807) is 11.3 Å². The molecule has 3 rings (SSSR count). The number of hydrogen-bond acceptors (Lipinski definition) is 4. The quantitative estimate of drug-likeness (QED) is 0.774. The SMILES string of the molecule is O=C(CCCCc1cccs1)Nc1cccc(N2CCOCC2)c1. The van der Waals surface area contributed by atoms with Crippen LogP contribution in [0.5, 0.6) is 0 Å². The predicted octanol–water partition coefficient (Wildman–Crippen LogP) is 3.94. The molecule has 24 heavy (non-hydrogen) atoms. The van der Waals surface area contributed by atoms with Gasteiger partial charge in [-0.3, -0.25) is 4.79 Å². The number of anilines is 2. The van der Waals surface area contributed by atoms with Gasteiger partial charge in [0.05, 0.1) is 13.2 Å². The molecule has 0 unspecified atom stereocenters. The minimum absolute atomic E-state index is 0.0975. The van der Waals surface area contributed by atoms with E-state index in [9.17, 15) is 4.79 Å². The summed E-state index contributed by atoms with van der Waals surface area (Å²) in [6, 6.07) is 12.3. The van der Waals surface area contributed by atoms with Gasteiger partial charge in [0.2, 0.25) is 5.91 Å². The molecule has 0 spiro atoms. The van der Waals surface area contributed by atoms with Crippen molar-refractivity contribution in [3.63, 3.8) is 0 Å². The van der Waals surface area contributed by atoms with E-state index in [2.05, 4.69) is 39.9 Å². The summed E-state index contributed by atoms with van der Waals surface area (Å²) in [4.78, 5) is 15.8. The number of nitrogens with one attached hydrogen (secondary N) is 1. The van der Waals surface area contributed by atoms with Crippen LogP contribution < -0.4 is 10.2 Å². The number of unbranched alkanes of at least 4 members (excludes halogenated alkanes) is 1. The Balaban J connectivity index is 1.43. The van der Waals surface area contributed by atoms with E-state index in [4.69, 9.17) is 4.74 Å². The number of amides is 1. The lowest BCUT2D eigenvalue weighted by Crippen LogP contribution is -2.36. The first-order chi connectivity index (χ1) is 11.8. The standard InChI is InChI=1S/C19H24N2O2S/c22-19(9-2-1-7-18-8-4-14-24-18)20-16-5-3-6-17(15-16)21-10-12-23-13-11-21/h3-6,8,14-15H,1-2,7,9-13H2,(H,20,22). The lowest BCUT2D eigenvalue weighted by atomic mass is 10.1.